The van der Waals surface area contributed by atoms with E-state index in [2.05, 4.69) is 0 Å². The van der Waals surface area contributed by atoms with E-state index in [1.54, 1.807) is 0 Å². The molecule has 0 saturated heterocycles. The molecule has 0 saturated carbocycles. The van der Waals surface area contributed by atoms with Gasteiger partial charge in [0.2, 0.25) is 0 Å². The summed E-state index contributed by atoms with van der Waals surface area (Å²) in [4.78, 5) is 11.1. The van der Waals surface area contributed by atoms with Crippen LogP contribution in [-0.2, 0) is 6.18 Å². The topological polar surface area (TPSA) is 87.1 Å². The van der Waals surface area contributed by atoms with Gasteiger partial charge in [0.05, 0.1) is 22.4 Å². The number of nitrogens with zero attached hydrogens (tertiary/aromatic N) is 1. The number of para-hydroxylation sites is 1. The summed E-state index contributed by atoms with van der Waals surface area (Å²) >= 11 is 0. The number of carboxylic acids is 1. The molecule has 2 rings (SSSR count). The van der Waals surface area contributed by atoms with E-state index in [1.165, 1.54) is 30.3 Å². The molecule has 22 heavy (non-hydrogen) atoms. The first kappa shape index (κ1) is 15.4. The average molecular weight is 306 g/mol. The Morgan fingerprint density at radius 3 is 2.27 bits per heavy atom. The van der Waals surface area contributed by atoms with Crippen molar-refractivity contribution in [2.45, 2.75) is 6.18 Å². The fraction of sp³-hybridized carbons (Fsp3) is 0.0667. The van der Waals surface area contributed by atoms with Gasteiger partial charge in [-0.25, -0.2) is 4.79 Å². The number of carboxylic acid groups (broad SMARTS) is 1. The molecule has 0 bridgehead atoms. The van der Waals surface area contributed by atoms with Crippen LogP contribution in [0.3, 0.4) is 0 Å². The molecular formula is C15H9F3N2O2. The van der Waals surface area contributed by atoms with Gasteiger partial charge in [0.1, 0.15) is 6.07 Å². The first-order valence-corrected chi connectivity index (χ1v) is 5.99. The Morgan fingerprint density at radius 1 is 1.14 bits per heavy atom. The SMILES string of the molecule is N#Cc1c(-c2cccc(C(=O)O)c2N)cccc1C(F)(F)F. The van der Waals surface area contributed by atoms with Gasteiger partial charge in [-0.3, -0.25) is 0 Å². The van der Waals surface area contributed by atoms with Crippen LogP contribution >= 0.6 is 0 Å². The molecule has 0 aliphatic rings. The summed E-state index contributed by atoms with van der Waals surface area (Å²) in [6.45, 7) is 0. The number of nitrogen functional groups attached to an aromatic ring is 1. The van der Waals surface area contributed by atoms with E-state index in [4.69, 9.17) is 16.1 Å². The molecule has 0 atom stereocenters. The third-order valence-electron chi connectivity index (χ3n) is 3.11. The Bertz CT molecular complexity index is 792. The van der Waals surface area contributed by atoms with Crippen LogP contribution < -0.4 is 5.73 Å². The third-order valence-corrected chi connectivity index (χ3v) is 3.11. The molecule has 0 aromatic heterocycles. The number of nitriles is 1. The molecule has 4 nitrogen and oxygen atoms in total. The fourth-order valence-corrected chi connectivity index (χ4v) is 2.12. The van der Waals surface area contributed by atoms with Crippen LogP contribution in [0, 0.1) is 11.3 Å². The molecule has 0 amide bonds. The first-order valence-electron chi connectivity index (χ1n) is 5.99. The van der Waals surface area contributed by atoms with Crippen molar-refractivity contribution in [2.24, 2.45) is 0 Å². The van der Waals surface area contributed by atoms with Crippen LogP contribution in [0.4, 0.5) is 18.9 Å². The molecule has 0 unspecified atom stereocenters. The van der Waals surface area contributed by atoms with Crippen molar-refractivity contribution in [2.75, 3.05) is 5.73 Å². The van der Waals surface area contributed by atoms with Crippen LogP contribution in [0.15, 0.2) is 36.4 Å². The smallest absolute Gasteiger partial charge is 0.417 e. The van der Waals surface area contributed by atoms with Crippen molar-refractivity contribution in [1.82, 2.24) is 0 Å². The van der Waals surface area contributed by atoms with Gasteiger partial charge in [0.15, 0.2) is 0 Å². The molecule has 0 radical (unpaired) electrons. The molecule has 0 fully saturated rings. The van der Waals surface area contributed by atoms with Crippen molar-refractivity contribution in [1.29, 1.82) is 5.26 Å². The summed E-state index contributed by atoms with van der Waals surface area (Å²) in [5.41, 5.74) is 3.63. The van der Waals surface area contributed by atoms with Gasteiger partial charge in [0, 0.05) is 11.1 Å². The summed E-state index contributed by atoms with van der Waals surface area (Å²) in [5, 5.41) is 18.1. The lowest BCUT2D eigenvalue weighted by molar-refractivity contribution is -0.137. The number of benzene rings is 2. The largest absolute Gasteiger partial charge is 0.478 e. The van der Waals surface area contributed by atoms with Gasteiger partial charge < -0.3 is 10.8 Å². The lowest BCUT2D eigenvalue weighted by Crippen LogP contribution is -2.09. The highest BCUT2D eigenvalue weighted by molar-refractivity contribution is 5.98. The lowest BCUT2D eigenvalue weighted by atomic mass is 9.93. The highest BCUT2D eigenvalue weighted by atomic mass is 19.4. The zero-order chi connectivity index (χ0) is 16.5. The number of alkyl halides is 3. The quantitative estimate of drug-likeness (QED) is 0.831. The summed E-state index contributed by atoms with van der Waals surface area (Å²) in [6.07, 6.45) is -4.69. The summed E-state index contributed by atoms with van der Waals surface area (Å²) in [6, 6.07) is 8.72. The zero-order valence-corrected chi connectivity index (χ0v) is 11.0. The molecule has 0 heterocycles. The minimum atomic E-state index is -4.69. The molecule has 2 aromatic rings. The number of anilines is 1. The van der Waals surface area contributed by atoms with Crippen molar-refractivity contribution in [3.8, 4) is 17.2 Å². The summed E-state index contributed by atoms with van der Waals surface area (Å²) in [5.74, 6) is -1.30. The van der Waals surface area contributed by atoms with Gasteiger partial charge in [-0.05, 0) is 12.1 Å². The number of halogens is 3. The Hall–Kier alpha value is -3.01. The highest BCUT2D eigenvalue weighted by Crippen LogP contribution is 2.38. The van der Waals surface area contributed by atoms with Crippen molar-refractivity contribution in [3.63, 3.8) is 0 Å². The van der Waals surface area contributed by atoms with Crippen LogP contribution in [0.5, 0.6) is 0 Å². The highest BCUT2D eigenvalue weighted by Gasteiger charge is 2.34. The van der Waals surface area contributed by atoms with Crippen LogP contribution in [0.25, 0.3) is 11.1 Å². The molecular weight excluding hydrogens is 297 g/mol. The van der Waals surface area contributed by atoms with E-state index in [0.29, 0.717) is 0 Å². The maximum absolute atomic E-state index is 13.0. The van der Waals surface area contributed by atoms with Gasteiger partial charge in [-0.1, -0.05) is 24.3 Å². The number of aromatic carboxylic acids is 1. The Labute approximate surface area is 123 Å². The predicted molar refractivity (Wildman–Crippen MR) is 73.0 cm³/mol. The van der Waals surface area contributed by atoms with E-state index in [0.717, 1.165) is 12.1 Å². The molecule has 7 heteroatoms. The monoisotopic (exact) mass is 306 g/mol. The lowest BCUT2D eigenvalue weighted by Gasteiger charge is -2.14. The minimum Gasteiger partial charge on any atom is -0.478 e. The van der Waals surface area contributed by atoms with E-state index >= 15 is 0 Å². The second kappa shape index (κ2) is 5.41. The standard InChI is InChI=1S/C15H9F3N2O2/c16-15(17,18)12-6-2-3-8(11(12)7-19)9-4-1-5-10(13(9)20)14(21)22/h1-6H,20H2,(H,21,22). The summed E-state index contributed by atoms with van der Waals surface area (Å²) in [7, 11) is 0. The molecule has 0 spiro atoms. The van der Waals surface area contributed by atoms with E-state index < -0.39 is 23.3 Å². The van der Waals surface area contributed by atoms with Gasteiger partial charge >= 0.3 is 12.1 Å². The number of hydrogen-bond acceptors (Lipinski definition) is 3. The first-order chi connectivity index (χ1) is 10.3. The van der Waals surface area contributed by atoms with Crippen LogP contribution in [-0.4, -0.2) is 11.1 Å². The molecule has 3 N–H and O–H groups in total. The Morgan fingerprint density at radius 2 is 1.73 bits per heavy atom. The summed E-state index contributed by atoms with van der Waals surface area (Å²) < 4.78 is 38.9. The third kappa shape index (κ3) is 2.59. The normalized spacial score (nSPS) is 11.0. The zero-order valence-electron chi connectivity index (χ0n) is 11.0. The molecule has 0 aliphatic heterocycles. The fourth-order valence-electron chi connectivity index (χ4n) is 2.12. The second-order valence-electron chi connectivity index (χ2n) is 4.41. The van der Waals surface area contributed by atoms with Crippen molar-refractivity contribution >= 4 is 11.7 Å². The number of nitrogens with two attached hydrogens (primary N) is 1. The molecule has 0 aliphatic carbocycles. The predicted octanol–water partition coefficient (Wildman–Crippen LogP) is 3.52. The number of rotatable bonds is 2. The van der Waals surface area contributed by atoms with E-state index in [-0.39, 0.29) is 22.4 Å². The second-order valence-corrected chi connectivity index (χ2v) is 4.41. The molecule has 2 aromatic carbocycles. The molecule has 112 valence electrons. The Kier molecular flexibility index (Phi) is 3.78. The van der Waals surface area contributed by atoms with E-state index in [1.807, 2.05) is 0 Å². The van der Waals surface area contributed by atoms with Crippen LogP contribution in [0.1, 0.15) is 21.5 Å². The average Bonchev–Trinajstić information content (AvgIpc) is 2.45. The van der Waals surface area contributed by atoms with Crippen molar-refractivity contribution < 1.29 is 23.1 Å². The Balaban J connectivity index is 2.78. The van der Waals surface area contributed by atoms with Crippen molar-refractivity contribution in [3.05, 3.63) is 53.1 Å². The number of hydrogen-bond donors (Lipinski definition) is 2. The maximum atomic E-state index is 13.0. The van der Waals surface area contributed by atoms with Gasteiger partial charge in [0.25, 0.3) is 0 Å². The van der Waals surface area contributed by atoms with Gasteiger partial charge in [-0.2, -0.15) is 18.4 Å². The van der Waals surface area contributed by atoms with Crippen LogP contribution in [0.2, 0.25) is 0 Å². The van der Waals surface area contributed by atoms with Gasteiger partial charge in [-0.15, -0.1) is 0 Å². The number of carbonyl (C=O) groups is 1. The maximum Gasteiger partial charge on any atom is 0.417 e. The van der Waals surface area contributed by atoms with E-state index in [9.17, 15) is 18.0 Å². The minimum absolute atomic E-state index is 0.0575.